The fourth-order valence-corrected chi connectivity index (χ4v) is 2.58. The van der Waals surface area contributed by atoms with Gasteiger partial charge in [0.25, 0.3) is 5.91 Å². The van der Waals surface area contributed by atoms with Crippen LogP contribution in [0.25, 0.3) is 0 Å². The highest BCUT2D eigenvalue weighted by Crippen LogP contribution is 2.30. The van der Waals surface area contributed by atoms with Gasteiger partial charge >= 0.3 is 0 Å². The van der Waals surface area contributed by atoms with Crippen LogP contribution in [0, 0.1) is 0 Å². The van der Waals surface area contributed by atoms with Crippen LogP contribution in [0.2, 0.25) is 0 Å². The van der Waals surface area contributed by atoms with Crippen molar-refractivity contribution in [1.82, 2.24) is 25.2 Å². The van der Waals surface area contributed by atoms with Gasteiger partial charge in [0, 0.05) is 19.0 Å². The maximum Gasteiger partial charge on any atom is 0.274 e. The molecule has 2 aromatic rings. The summed E-state index contributed by atoms with van der Waals surface area (Å²) in [7, 11) is 1.69. The zero-order chi connectivity index (χ0) is 15.0. The van der Waals surface area contributed by atoms with Gasteiger partial charge < -0.3 is 14.2 Å². The molecule has 0 spiro atoms. The summed E-state index contributed by atoms with van der Waals surface area (Å²) in [5.41, 5.74) is 2.26. The Hall–Kier alpha value is -2.22. The van der Waals surface area contributed by atoms with Crippen LogP contribution in [0.3, 0.4) is 0 Å². The number of carbonyl (C=O) groups is 1. The topological polar surface area (TPSA) is 97.1 Å². The molecule has 0 aliphatic carbocycles. The van der Waals surface area contributed by atoms with Crippen LogP contribution in [-0.2, 0) is 17.7 Å². The third kappa shape index (κ3) is 2.54. The van der Waals surface area contributed by atoms with Gasteiger partial charge in [-0.3, -0.25) is 9.89 Å². The first kappa shape index (κ1) is 13.7. The van der Waals surface area contributed by atoms with Crippen molar-refractivity contribution in [2.75, 3.05) is 7.05 Å². The van der Waals surface area contributed by atoms with Gasteiger partial charge in [-0.05, 0) is 13.8 Å². The summed E-state index contributed by atoms with van der Waals surface area (Å²) in [5, 5.41) is 10.8. The fraction of sp³-hybridized carbons (Fsp3) is 0.538. The highest BCUT2D eigenvalue weighted by atomic mass is 16.5. The number of fused-ring (bicyclic) bond motifs is 1. The molecule has 0 saturated heterocycles. The molecule has 3 rings (SSSR count). The van der Waals surface area contributed by atoms with E-state index in [1.807, 2.05) is 13.8 Å². The SMILES string of the molecule is C[C@@H]1Cc2c(C(=O)N(C)Cc3ncon3)n[nH]c2[C@H](C)O1. The lowest BCUT2D eigenvalue weighted by Crippen LogP contribution is -2.29. The van der Waals surface area contributed by atoms with Gasteiger partial charge in [-0.1, -0.05) is 5.16 Å². The smallest absolute Gasteiger partial charge is 0.274 e. The molecule has 0 bridgehead atoms. The van der Waals surface area contributed by atoms with E-state index in [9.17, 15) is 4.79 Å². The number of hydrogen-bond donors (Lipinski definition) is 1. The maximum atomic E-state index is 12.5. The minimum absolute atomic E-state index is 0.0687. The van der Waals surface area contributed by atoms with Crippen LogP contribution < -0.4 is 0 Å². The molecule has 1 aliphatic rings. The van der Waals surface area contributed by atoms with Crippen molar-refractivity contribution in [2.45, 2.75) is 39.0 Å². The summed E-state index contributed by atoms with van der Waals surface area (Å²) in [5.74, 6) is 0.291. The van der Waals surface area contributed by atoms with E-state index in [0.29, 0.717) is 17.9 Å². The number of amides is 1. The van der Waals surface area contributed by atoms with Gasteiger partial charge in [0.1, 0.15) is 0 Å². The molecule has 2 aromatic heterocycles. The van der Waals surface area contributed by atoms with Gasteiger partial charge in [-0.2, -0.15) is 10.1 Å². The molecule has 3 heterocycles. The van der Waals surface area contributed by atoms with Gasteiger partial charge in [-0.25, -0.2) is 0 Å². The standard InChI is InChI=1S/C13H17N5O3/c1-7-4-9-11(8(2)21-7)15-16-12(9)13(19)18(3)5-10-14-6-20-17-10/h6-8H,4-5H2,1-3H3,(H,15,16)/t7-,8+/m1/s1. The number of hydrogen-bond acceptors (Lipinski definition) is 6. The lowest BCUT2D eigenvalue weighted by Gasteiger charge is -2.25. The number of nitrogens with zero attached hydrogens (tertiary/aromatic N) is 4. The first-order valence-corrected chi connectivity index (χ1v) is 6.79. The molecule has 1 aliphatic heterocycles. The molecular formula is C13H17N5O3. The van der Waals surface area contributed by atoms with Gasteiger partial charge in [-0.15, -0.1) is 0 Å². The van der Waals surface area contributed by atoms with E-state index in [-0.39, 0.29) is 24.7 Å². The summed E-state index contributed by atoms with van der Waals surface area (Å²) in [6.45, 7) is 4.21. The molecule has 2 atom stereocenters. The lowest BCUT2D eigenvalue weighted by molar-refractivity contribution is -0.00701. The van der Waals surface area contributed by atoms with Crippen LogP contribution in [0.4, 0.5) is 0 Å². The Bertz CT molecular complexity index is 636. The molecule has 1 amide bonds. The average Bonchev–Trinajstić information content (AvgIpc) is 3.07. The normalized spacial score (nSPS) is 21.1. The van der Waals surface area contributed by atoms with Gasteiger partial charge in [0.2, 0.25) is 6.39 Å². The van der Waals surface area contributed by atoms with E-state index in [1.54, 1.807) is 7.05 Å². The van der Waals surface area contributed by atoms with Gasteiger partial charge in [0.05, 0.1) is 24.4 Å². The third-order valence-electron chi connectivity index (χ3n) is 3.57. The highest BCUT2D eigenvalue weighted by Gasteiger charge is 2.30. The highest BCUT2D eigenvalue weighted by molar-refractivity contribution is 5.93. The monoisotopic (exact) mass is 291 g/mol. The average molecular weight is 291 g/mol. The van der Waals surface area contributed by atoms with E-state index < -0.39 is 0 Å². The van der Waals surface area contributed by atoms with Crippen LogP contribution in [0.5, 0.6) is 0 Å². The van der Waals surface area contributed by atoms with Crippen molar-refractivity contribution in [3.05, 3.63) is 29.2 Å². The van der Waals surface area contributed by atoms with E-state index >= 15 is 0 Å². The molecule has 0 aromatic carbocycles. The molecular weight excluding hydrogens is 274 g/mol. The molecule has 0 fully saturated rings. The van der Waals surface area contributed by atoms with Crippen LogP contribution in [0.1, 0.15) is 47.5 Å². The van der Waals surface area contributed by atoms with Crippen molar-refractivity contribution in [2.24, 2.45) is 0 Å². The van der Waals surface area contributed by atoms with Crippen LogP contribution >= 0.6 is 0 Å². The Morgan fingerprint density at radius 2 is 2.33 bits per heavy atom. The number of aromatic amines is 1. The predicted molar refractivity (Wildman–Crippen MR) is 71.3 cm³/mol. The molecule has 112 valence electrons. The summed E-state index contributed by atoms with van der Waals surface area (Å²) < 4.78 is 10.4. The Morgan fingerprint density at radius 1 is 1.52 bits per heavy atom. The number of aromatic nitrogens is 4. The van der Waals surface area contributed by atoms with E-state index in [0.717, 1.165) is 11.3 Å². The van der Waals surface area contributed by atoms with Crippen LogP contribution in [0.15, 0.2) is 10.9 Å². The maximum absolute atomic E-state index is 12.5. The largest absolute Gasteiger partial charge is 0.369 e. The van der Waals surface area contributed by atoms with E-state index in [2.05, 4.69) is 24.9 Å². The molecule has 0 unspecified atom stereocenters. The Balaban J connectivity index is 1.82. The van der Waals surface area contributed by atoms with Crippen molar-refractivity contribution in [3.63, 3.8) is 0 Å². The minimum Gasteiger partial charge on any atom is -0.369 e. The number of H-pyrrole nitrogens is 1. The van der Waals surface area contributed by atoms with E-state index in [1.165, 1.54) is 11.3 Å². The second kappa shape index (κ2) is 5.28. The Labute approximate surface area is 121 Å². The molecule has 21 heavy (non-hydrogen) atoms. The number of ether oxygens (including phenoxy) is 1. The fourth-order valence-electron chi connectivity index (χ4n) is 2.58. The predicted octanol–water partition coefficient (Wildman–Crippen LogP) is 1.09. The molecule has 1 N–H and O–H groups in total. The second-order valence-corrected chi connectivity index (χ2v) is 5.27. The van der Waals surface area contributed by atoms with Crippen molar-refractivity contribution >= 4 is 5.91 Å². The summed E-state index contributed by atoms with van der Waals surface area (Å²) >= 11 is 0. The van der Waals surface area contributed by atoms with Crippen molar-refractivity contribution in [1.29, 1.82) is 0 Å². The second-order valence-electron chi connectivity index (χ2n) is 5.27. The molecule has 8 heteroatoms. The quantitative estimate of drug-likeness (QED) is 0.909. The summed E-state index contributed by atoms with van der Waals surface area (Å²) in [6, 6.07) is 0. The Kier molecular flexibility index (Phi) is 3.46. The van der Waals surface area contributed by atoms with E-state index in [4.69, 9.17) is 4.74 Å². The minimum atomic E-state index is -0.168. The summed E-state index contributed by atoms with van der Waals surface area (Å²) in [6.07, 6.45) is 1.90. The lowest BCUT2D eigenvalue weighted by atomic mass is 9.99. The number of nitrogens with one attached hydrogen (secondary N) is 1. The third-order valence-corrected chi connectivity index (χ3v) is 3.57. The zero-order valence-electron chi connectivity index (χ0n) is 12.2. The first-order valence-electron chi connectivity index (χ1n) is 6.79. The molecule has 8 nitrogen and oxygen atoms in total. The zero-order valence-corrected chi connectivity index (χ0v) is 12.2. The number of rotatable bonds is 3. The van der Waals surface area contributed by atoms with Crippen molar-refractivity contribution in [3.8, 4) is 0 Å². The van der Waals surface area contributed by atoms with Gasteiger partial charge in [0.15, 0.2) is 11.5 Å². The summed E-state index contributed by atoms with van der Waals surface area (Å²) in [4.78, 5) is 18.0. The molecule has 0 saturated carbocycles. The number of carbonyl (C=O) groups excluding carboxylic acids is 1. The molecule has 0 radical (unpaired) electrons. The van der Waals surface area contributed by atoms with Crippen LogP contribution in [-0.4, -0.2) is 44.3 Å². The first-order chi connectivity index (χ1) is 10.1. The Morgan fingerprint density at radius 3 is 3.05 bits per heavy atom. The van der Waals surface area contributed by atoms with Crippen molar-refractivity contribution < 1.29 is 14.1 Å².